The van der Waals surface area contributed by atoms with Crippen LogP contribution in [0.1, 0.15) is 27.7 Å². The van der Waals surface area contributed by atoms with Crippen molar-refractivity contribution >= 4 is 11.6 Å². The van der Waals surface area contributed by atoms with E-state index in [1.807, 2.05) is 33.8 Å². The maximum atomic E-state index is 5.75. The minimum absolute atomic E-state index is 0.757. The second-order valence-corrected chi connectivity index (χ2v) is 2.13. The predicted octanol–water partition coefficient (Wildman–Crippen LogP) is 4.29. The third kappa shape index (κ3) is 7.41. The lowest BCUT2D eigenvalue weighted by Crippen LogP contribution is -1.71. The minimum Gasteiger partial charge on any atom is -0.0990 e. The molecule has 0 aromatic heterocycles. The first-order valence-electron chi connectivity index (χ1n) is 3.84. The van der Waals surface area contributed by atoms with Crippen LogP contribution >= 0.6 is 11.6 Å². The first-order valence-corrected chi connectivity index (χ1v) is 4.21. The molecule has 0 nitrogen and oxygen atoms in total. The molecule has 0 spiro atoms. The first-order chi connectivity index (χ1) is 5.22. The molecule has 0 aromatic carbocycles. The van der Waals surface area contributed by atoms with Crippen LogP contribution in [0.2, 0.25) is 0 Å². The first kappa shape index (κ1) is 13.1. The standard InChI is InChI=1S/C8H11Cl.C2H6/c1-4-6-8(9)7(3)5-2;1-2/h4-6H,1H2,2-3H3;1-2H3/b7-5-,8-6+;. The maximum Gasteiger partial charge on any atom is 0.0431 e. The molecule has 0 aromatic rings. The Kier molecular flexibility index (Phi) is 11.3. The molecular weight excluding hydrogens is 156 g/mol. The Hall–Kier alpha value is -0.490. The van der Waals surface area contributed by atoms with Crippen LogP contribution in [0.5, 0.6) is 0 Å². The fraction of sp³-hybridized carbons (Fsp3) is 0.400. The SMILES string of the molecule is C=C/C=C(Cl)\C(C)=C/C.CC. The average Bonchev–Trinajstić information content (AvgIpc) is 2.07. The molecule has 0 aliphatic heterocycles. The summed E-state index contributed by atoms with van der Waals surface area (Å²) in [5.41, 5.74) is 1.08. The molecule has 64 valence electrons. The highest BCUT2D eigenvalue weighted by molar-refractivity contribution is 6.32. The van der Waals surface area contributed by atoms with Gasteiger partial charge in [-0.2, -0.15) is 0 Å². The summed E-state index contributed by atoms with van der Waals surface area (Å²) < 4.78 is 0. The van der Waals surface area contributed by atoms with E-state index in [0.717, 1.165) is 10.6 Å². The van der Waals surface area contributed by atoms with Crippen LogP contribution in [0, 0.1) is 0 Å². The smallest absolute Gasteiger partial charge is 0.0431 e. The zero-order valence-corrected chi connectivity index (χ0v) is 8.57. The predicted molar refractivity (Wildman–Crippen MR) is 54.9 cm³/mol. The van der Waals surface area contributed by atoms with Crippen molar-refractivity contribution in [1.29, 1.82) is 0 Å². The summed E-state index contributed by atoms with van der Waals surface area (Å²) in [5, 5.41) is 0.757. The molecule has 0 unspecified atom stereocenters. The van der Waals surface area contributed by atoms with Gasteiger partial charge in [-0.25, -0.2) is 0 Å². The Bertz CT molecular complexity index is 152. The van der Waals surface area contributed by atoms with Crippen LogP contribution in [0.15, 0.2) is 35.4 Å². The Morgan fingerprint density at radius 2 is 1.82 bits per heavy atom. The Labute approximate surface area is 75.3 Å². The summed E-state index contributed by atoms with van der Waals surface area (Å²) in [6, 6.07) is 0. The van der Waals surface area contributed by atoms with Crippen molar-refractivity contribution in [2.75, 3.05) is 0 Å². The fourth-order valence-electron chi connectivity index (χ4n) is 0.373. The summed E-state index contributed by atoms with van der Waals surface area (Å²) in [7, 11) is 0. The second kappa shape index (κ2) is 9.51. The van der Waals surface area contributed by atoms with Crippen molar-refractivity contribution in [2.45, 2.75) is 27.7 Å². The molecule has 11 heavy (non-hydrogen) atoms. The quantitative estimate of drug-likeness (QED) is 0.546. The fourth-order valence-corrected chi connectivity index (χ4v) is 0.571. The van der Waals surface area contributed by atoms with E-state index in [4.69, 9.17) is 11.6 Å². The van der Waals surface area contributed by atoms with Gasteiger partial charge in [0.15, 0.2) is 0 Å². The van der Waals surface area contributed by atoms with Gasteiger partial charge in [-0.15, -0.1) is 0 Å². The van der Waals surface area contributed by atoms with Gasteiger partial charge in [0, 0.05) is 5.03 Å². The highest BCUT2D eigenvalue weighted by atomic mass is 35.5. The third-order valence-corrected chi connectivity index (χ3v) is 1.50. The highest BCUT2D eigenvalue weighted by Gasteiger charge is 1.88. The van der Waals surface area contributed by atoms with Crippen LogP contribution < -0.4 is 0 Å². The molecule has 0 N–H and O–H groups in total. The van der Waals surface area contributed by atoms with Gasteiger partial charge in [0.05, 0.1) is 0 Å². The van der Waals surface area contributed by atoms with E-state index in [-0.39, 0.29) is 0 Å². The number of hydrogen-bond donors (Lipinski definition) is 0. The lowest BCUT2D eigenvalue weighted by Gasteiger charge is -1.92. The minimum atomic E-state index is 0.757. The van der Waals surface area contributed by atoms with Gasteiger partial charge in [-0.05, 0) is 25.5 Å². The van der Waals surface area contributed by atoms with E-state index >= 15 is 0 Å². The topological polar surface area (TPSA) is 0 Å². The molecular formula is C10H17Cl. The molecule has 0 radical (unpaired) electrons. The molecule has 0 saturated heterocycles. The van der Waals surface area contributed by atoms with Gasteiger partial charge in [-0.3, -0.25) is 0 Å². The Morgan fingerprint density at radius 1 is 1.36 bits per heavy atom. The van der Waals surface area contributed by atoms with Crippen molar-refractivity contribution in [1.82, 2.24) is 0 Å². The van der Waals surface area contributed by atoms with Crippen LogP contribution in [0.4, 0.5) is 0 Å². The molecule has 1 heteroatoms. The zero-order chi connectivity index (χ0) is 9.28. The largest absolute Gasteiger partial charge is 0.0990 e. The van der Waals surface area contributed by atoms with Gasteiger partial charge in [0.2, 0.25) is 0 Å². The summed E-state index contributed by atoms with van der Waals surface area (Å²) >= 11 is 5.75. The third-order valence-electron chi connectivity index (χ3n) is 1.07. The molecule has 0 saturated carbocycles. The van der Waals surface area contributed by atoms with Gasteiger partial charge in [0.25, 0.3) is 0 Å². The van der Waals surface area contributed by atoms with Crippen LogP contribution in [-0.4, -0.2) is 0 Å². The van der Waals surface area contributed by atoms with Crippen molar-refractivity contribution in [3.8, 4) is 0 Å². The molecule has 0 heterocycles. The van der Waals surface area contributed by atoms with Crippen LogP contribution in [-0.2, 0) is 0 Å². The average molecular weight is 173 g/mol. The molecule has 0 rings (SSSR count). The van der Waals surface area contributed by atoms with E-state index in [1.165, 1.54) is 0 Å². The summed E-state index contributed by atoms with van der Waals surface area (Å²) in [6.45, 7) is 11.4. The molecule has 0 aliphatic carbocycles. The Morgan fingerprint density at radius 3 is 2.09 bits per heavy atom. The van der Waals surface area contributed by atoms with Gasteiger partial charge >= 0.3 is 0 Å². The molecule has 0 amide bonds. The van der Waals surface area contributed by atoms with Crippen LogP contribution in [0.25, 0.3) is 0 Å². The molecule has 0 fully saturated rings. The van der Waals surface area contributed by atoms with E-state index in [1.54, 1.807) is 12.2 Å². The highest BCUT2D eigenvalue weighted by Crippen LogP contribution is 2.12. The normalized spacial score (nSPS) is 11.7. The van der Waals surface area contributed by atoms with E-state index in [9.17, 15) is 0 Å². The number of hydrogen-bond acceptors (Lipinski definition) is 0. The second-order valence-electron chi connectivity index (χ2n) is 1.72. The molecule has 0 atom stereocenters. The van der Waals surface area contributed by atoms with Crippen molar-refractivity contribution in [3.63, 3.8) is 0 Å². The summed E-state index contributed by atoms with van der Waals surface area (Å²) in [5.74, 6) is 0. The maximum absolute atomic E-state index is 5.75. The van der Waals surface area contributed by atoms with Gasteiger partial charge in [-0.1, -0.05) is 44.2 Å². The summed E-state index contributed by atoms with van der Waals surface area (Å²) in [6.07, 6.45) is 5.41. The molecule has 0 aliphatic rings. The van der Waals surface area contributed by atoms with Crippen molar-refractivity contribution in [2.24, 2.45) is 0 Å². The summed E-state index contributed by atoms with van der Waals surface area (Å²) in [4.78, 5) is 0. The number of halogens is 1. The van der Waals surface area contributed by atoms with E-state index < -0.39 is 0 Å². The van der Waals surface area contributed by atoms with Crippen molar-refractivity contribution in [3.05, 3.63) is 35.4 Å². The van der Waals surface area contributed by atoms with E-state index in [2.05, 4.69) is 6.58 Å². The number of rotatable bonds is 2. The van der Waals surface area contributed by atoms with E-state index in [0.29, 0.717) is 0 Å². The van der Waals surface area contributed by atoms with Crippen LogP contribution in [0.3, 0.4) is 0 Å². The monoisotopic (exact) mass is 172 g/mol. The number of allylic oxidation sites excluding steroid dienone is 5. The van der Waals surface area contributed by atoms with Gasteiger partial charge in [0.1, 0.15) is 0 Å². The van der Waals surface area contributed by atoms with Gasteiger partial charge < -0.3 is 0 Å². The lowest BCUT2D eigenvalue weighted by atomic mass is 10.2. The zero-order valence-electron chi connectivity index (χ0n) is 7.82. The Balaban J connectivity index is 0. The van der Waals surface area contributed by atoms with Crippen molar-refractivity contribution < 1.29 is 0 Å². The molecule has 0 bridgehead atoms. The lowest BCUT2D eigenvalue weighted by molar-refractivity contribution is 1.45.